The fourth-order valence-electron chi connectivity index (χ4n) is 10.7. The van der Waals surface area contributed by atoms with E-state index in [0.717, 1.165) is 141 Å². The highest BCUT2D eigenvalue weighted by molar-refractivity contribution is 5.72. The second-order valence-electron chi connectivity index (χ2n) is 24.8. The van der Waals surface area contributed by atoms with E-state index in [1.165, 1.54) is 180 Å². The van der Waals surface area contributed by atoms with E-state index in [-0.39, 0.29) is 50.8 Å². The fraction of sp³-hybridized carbons (Fsp3) is 0.842. The maximum absolute atomic E-state index is 13.6. The summed E-state index contributed by atoms with van der Waals surface area (Å²) in [6, 6.07) is 0. The third-order valence-corrected chi connectivity index (χ3v) is 16.4. The molecule has 0 aromatic heterocycles. The number of allylic oxidation sites excluding steroid dienone is 8. The number of ether oxygens (including phenoxy) is 4. The number of hydrogen-bond acceptors (Lipinski definition) is 8. The Labute approximate surface area is 520 Å². The molecule has 0 N–H and O–H groups in total. The van der Waals surface area contributed by atoms with Gasteiger partial charge in [0.05, 0.1) is 0 Å². The minimum absolute atomic E-state index is 0.211. The maximum Gasteiger partial charge on any atom is 0.306 e. The van der Waals surface area contributed by atoms with Crippen molar-refractivity contribution in [1.29, 1.82) is 0 Å². The second kappa shape index (κ2) is 68.9. The first-order valence-corrected chi connectivity index (χ1v) is 36.7. The summed E-state index contributed by atoms with van der Waals surface area (Å²) in [5.74, 6) is -1.59. The van der Waals surface area contributed by atoms with Crippen LogP contribution in [0, 0.1) is 0 Å². The van der Waals surface area contributed by atoms with Gasteiger partial charge in [0.2, 0.25) is 0 Å². The molecule has 0 aromatic carbocycles. The summed E-state index contributed by atoms with van der Waals surface area (Å²) >= 11 is 0. The molecule has 490 valence electrons. The minimum atomic E-state index is -1.09. The lowest BCUT2D eigenvalue weighted by atomic mass is 10.1. The van der Waals surface area contributed by atoms with Crippen molar-refractivity contribution in [3.05, 3.63) is 48.6 Å². The monoisotopic (exact) mass is 1180 g/mol. The summed E-state index contributed by atoms with van der Waals surface area (Å²) in [5, 5.41) is 0. The van der Waals surface area contributed by atoms with Crippen LogP contribution in [0.5, 0.6) is 0 Å². The molecule has 0 saturated heterocycles. The van der Waals surface area contributed by atoms with E-state index in [4.69, 9.17) is 18.9 Å². The molecule has 8 nitrogen and oxygen atoms in total. The van der Waals surface area contributed by atoms with Crippen molar-refractivity contribution in [3.8, 4) is 0 Å². The molecular weight excluding hydrogens is 1040 g/mol. The standard InChI is InChI=1S/C76H138O8/c1-5-9-13-17-21-25-29-33-37-41-45-49-53-57-61-65-73(77)81-69-71(83-75(79)67-63-59-55-51-47-43-39-35-31-27-23-19-15-11-7-3)72(84-76(80)68-64-60-56-52-48-44-40-36-32-28-24-20-16-12-8-4)70-82-74(78)66-62-58-54-50-46-42-38-34-30-26-22-18-14-10-6-2/h33-40,71-72H,5-32,41-70H2,1-4H3/b37-33-,38-34-,39-35-,40-36-/t71-,72+. The predicted molar refractivity (Wildman–Crippen MR) is 359 cm³/mol. The molecule has 0 unspecified atom stereocenters. The van der Waals surface area contributed by atoms with Gasteiger partial charge in [0.1, 0.15) is 13.2 Å². The van der Waals surface area contributed by atoms with Gasteiger partial charge in [-0.2, -0.15) is 0 Å². The van der Waals surface area contributed by atoms with Gasteiger partial charge in [0, 0.05) is 25.7 Å². The number of rotatable bonds is 67. The first-order valence-electron chi connectivity index (χ1n) is 36.7. The van der Waals surface area contributed by atoms with Gasteiger partial charge in [0.25, 0.3) is 0 Å². The summed E-state index contributed by atoms with van der Waals surface area (Å²) in [5.41, 5.74) is 0. The molecule has 0 heterocycles. The number of hydrogen-bond donors (Lipinski definition) is 0. The zero-order chi connectivity index (χ0) is 61.0. The van der Waals surface area contributed by atoms with Crippen molar-refractivity contribution >= 4 is 23.9 Å². The Kier molecular flexibility index (Phi) is 66.4. The van der Waals surface area contributed by atoms with Crippen LogP contribution in [0.15, 0.2) is 48.6 Å². The first kappa shape index (κ1) is 80.8. The van der Waals surface area contributed by atoms with Gasteiger partial charge in [-0.1, -0.05) is 282 Å². The van der Waals surface area contributed by atoms with E-state index in [1.54, 1.807) is 0 Å². The quantitative estimate of drug-likeness (QED) is 0.0257. The highest BCUT2D eigenvalue weighted by atomic mass is 16.6. The van der Waals surface area contributed by atoms with Crippen molar-refractivity contribution in [2.24, 2.45) is 0 Å². The van der Waals surface area contributed by atoms with Gasteiger partial charge in [-0.25, -0.2) is 0 Å². The third-order valence-electron chi connectivity index (χ3n) is 16.4. The molecule has 0 aromatic rings. The molecule has 0 fully saturated rings. The van der Waals surface area contributed by atoms with Gasteiger partial charge >= 0.3 is 23.9 Å². The van der Waals surface area contributed by atoms with E-state index < -0.39 is 24.1 Å². The molecular formula is C76H138O8. The first-order chi connectivity index (χ1) is 41.4. The predicted octanol–water partition coefficient (Wildman–Crippen LogP) is 24.0. The molecule has 8 heteroatoms. The second-order valence-corrected chi connectivity index (χ2v) is 24.8. The molecule has 0 radical (unpaired) electrons. The van der Waals surface area contributed by atoms with Crippen molar-refractivity contribution in [2.45, 2.75) is 399 Å². The highest BCUT2D eigenvalue weighted by Crippen LogP contribution is 2.19. The van der Waals surface area contributed by atoms with Crippen LogP contribution >= 0.6 is 0 Å². The van der Waals surface area contributed by atoms with E-state index in [1.807, 2.05) is 0 Å². The molecule has 0 aliphatic heterocycles. The van der Waals surface area contributed by atoms with Gasteiger partial charge in [-0.3, -0.25) is 19.2 Å². The zero-order valence-corrected chi connectivity index (χ0v) is 56.1. The summed E-state index contributed by atoms with van der Waals surface area (Å²) < 4.78 is 23.7. The van der Waals surface area contributed by atoms with E-state index in [9.17, 15) is 19.2 Å². The number of unbranched alkanes of at least 4 members (excludes halogenated alkanes) is 44. The minimum Gasteiger partial charge on any atom is -0.462 e. The normalized spacial score (nSPS) is 12.6. The van der Waals surface area contributed by atoms with E-state index >= 15 is 0 Å². The molecule has 84 heavy (non-hydrogen) atoms. The lowest BCUT2D eigenvalue weighted by Crippen LogP contribution is -2.42. The summed E-state index contributed by atoms with van der Waals surface area (Å²) in [4.78, 5) is 53.5. The van der Waals surface area contributed by atoms with E-state index in [2.05, 4.69) is 76.3 Å². The summed E-state index contributed by atoms with van der Waals surface area (Å²) in [7, 11) is 0. The van der Waals surface area contributed by atoms with E-state index in [0.29, 0.717) is 12.8 Å². The fourth-order valence-corrected chi connectivity index (χ4v) is 10.7. The number of carbonyl (C=O) groups excluding carboxylic acids is 4. The van der Waals surface area contributed by atoms with Gasteiger partial charge in [-0.05, 0) is 128 Å². The number of esters is 4. The summed E-state index contributed by atoms with van der Waals surface area (Å²) in [6.45, 7) is 8.51. The molecule has 0 aliphatic rings. The lowest BCUT2D eigenvalue weighted by Gasteiger charge is -2.27. The van der Waals surface area contributed by atoms with Gasteiger partial charge < -0.3 is 18.9 Å². The molecule has 0 saturated carbocycles. The number of carbonyl (C=O) groups is 4. The zero-order valence-electron chi connectivity index (χ0n) is 56.1. The van der Waals surface area contributed by atoms with Gasteiger partial charge in [0.15, 0.2) is 12.2 Å². The molecule has 2 atom stereocenters. The summed E-state index contributed by atoms with van der Waals surface area (Å²) in [6.07, 6.45) is 78.1. The Hall–Kier alpha value is -3.16. The van der Waals surface area contributed by atoms with Crippen LogP contribution < -0.4 is 0 Å². The molecule has 0 aliphatic carbocycles. The van der Waals surface area contributed by atoms with Crippen molar-refractivity contribution in [1.82, 2.24) is 0 Å². The molecule has 0 rings (SSSR count). The molecule has 0 bridgehead atoms. The Morgan fingerprint density at radius 2 is 0.393 bits per heavy atom. The third kappa shape index (κ3) is 63.3. The molecule has 0 amide bonds. The van der Waals surface area contributed by atoms with Crippen molar-refractivity contribution in [2.75, 3.05) is 13.2 Å². The average molecular weight is 1180 g/mol. The van der Waals surface area contributed by atoms with Crippen LogP contribution in [0.3, 0.4) is 0 Å². The Morgan fingerprint density at radius 3 is 0.595 bits per heavy atom. The van der Waals surface area contributed by atoms with Crippen LogP contribution in [0.1, 0.15) is 387 Å². The van der Waals surface area contributed by atoms with Crippen LogP contribution in [0.4, 0.5) is 0 Å². The SMILES string of the molecule is CCCCCCCC/C=C\CCCCCCCC(=O)OC[C@H](OC(=O)CCCCCCC/C=C\CCCCCCCC)[C@@H](COC(=O)CCCCCCC/C=C\CCCCCCCC)OC(=O)CCCCCCC/C=C\CCCCCCCC. The van der Waals surface area contributed by atoms with Crippen molar-refractivity contribution < 1.29 is 38.1 Å². The topological polar surface area (TPSA) is 105 Å². The lowest BCUT2D eigenvalue weighted by molar-refractivity contribution is -0.183. The van der Waals surface area contributed by atoms with Crippen LogP contribution in [-0.4, -0.2) is 49.3 Å². The molecule has 0 spiro atoms. The van der Waals surface area contributed by atoms with Crippen molar-refractivity contribution in [3.63, 3.8) is 0 Å². The highest BCUT2D eigenvalue weighted by Gasteiger charge is 2.32. The van der Waals surface area contributed by atoms with Gasteiger partial charge in [-0.15, -0.1) is 0 Å². The Morgan fingerprint density at radius 1 is 0.226 bits per heavy atom. The van der Waals surface area contributed by atoms with Crippen LogP contribution in [0.25, 0.3) is 0 Å². The average Bonchev–Trinajstić information content (AvgIpc) is 3.49. The Balaban J connectivity index is 5.47. The van der Waals surface area contributed by atoms with Crippen LogP contribution in [-0.2, 0) is 38.1 Å². The smallest absolute Gasteiger partial charge is 0.306 e. The maximum atomic E-state index is 13.6. The Bertz CT molecular complexity index is 1420. The van der Waals surface area contributed by atoms with Crippen LogP contribution in [0.2, 0.25) is 0 Å². The largest absolute Gasteiger partial charge is 0.462 e.